The zero-order chi connectivity index (χ0) is 13.4. The summed E-state index contributed by atoms with van der Waals surface area (Å²) in [5.74, 6) is 2.39. The first-order chi connectivity index (χ1) is 8.72. The molecule has 0 bridgehead atoms. The first-order valence-corrected chi connectivity index (χ1v) is 6.27. The van der Waals surface area contributed by atoms with E-state index < -0.39 is 0 Å². The molecule has 3 heteroatoms. The number of para-hydroxylation sites is 1. The fraction of sp³-hybridized carbons (Fsp3) is 0.400. The Morgan fingerprint density at radius 1 is 1.28 bits per heavy atom. The van der Waals surface area contributed by atoms with E-state index in [0.717, 1.165) is 18.5 Å². The molecule has 18 heavy (non-hydrogen) atoms. The highest BCUT2D eigenvalue weighted by Crippen LogP contribution is 2.22. The molecule has 2 N–H and O–H groups in total. The van der Waals surface area contributed by atoms with Crippen LogP contribution in [0.2, 0.25) is 0 Å². The lowest BCUT2D eigenvalue weighted by Crippen LogP contribution is -2.29. The molecular weight excluding hydrogens is 224 g/mol. The van der Waals surface area contributed by atoms with Crippen LogP contribution in [0.15, 0.2) is 18.2 Å². The van der Waals surface area contributed by atoms with E-state index in [1.54, 1.807) is 0 Å². The van der Waals surface area contributed by atoms with Crippen molar-refractivity contribution in [1.82, 2.24) is 5.32 Å². The highest BCUT2D eigenvalue weighted by molar-refractivity contribution is 5.93. The number of amides is 1. The molecule has 0 spiro atoms. The van der Waals surface area contributed by atoms with E-state index in [1.165, 1.54) is 11.1 Å². The van der Waals surface area contributed by atoms with Gasteiger partial charge in [-0.2, -0.15) is 0 Å². The van der Waals surface area contributed by atoms with E-state index in [0.29, 0.717) is 6.54 Å². The van der Waals surface area contributed by atoms with Crippen molar-refractivity contribution >= 4 is 11.6 Å². The molecule has 0 unspecified atom stereocenters. The normalized spacial score (nSPS) is 9.83. The number of anilines is 1. The van der Waals surface area contributed by atoms with Gasteiger partial charge in [0, 0.05) is 5.69 Å². The van der Waals surface area contributed by atoms with Gasteiger partial charge in [0.05, 0.1) is 13.1 Å². The summed E-state index contributed by atoms with van der Waals surface area (Å²) in [6, 6.07) is 6.12. The summed E-state index contributed by atoms with van der Waals surface area (Å²) >= 11 is 0. The average Bonchev–Trinajstić information content (AvgIpc) is 2.39. The zero-order valence-corrected chi connectivity index (χ0v) is 11.0. The van der Waals surface area contributed by atoms with E-state index in [-0.39, 0.29) is 12.5 Å². The summed E-state index contributed by atoms with van der Waals surface area (Å²) in [5.41, 5.74) is 3.29. The second-order valence-electron chi connectivity index (χ2n) is 4.01. The Labute approximate surface area is 109 Å². The maximum atomic E-state index is 11.8. The molecule has 96 valence electrons. The fourth-order valence-electron chi connectivity index (χ4n) is 1.83. The molecule has 0 aromatic heterocycles. The molecule has 0 heterocycles. The molecule has 0 saturated carbocycles. The van der Waals surface area contributed by atoms with Crippen LogP contribution >= 0.6 is 0 Å². The van der Waals surface area contributed by atoms with E-state index in [9.17, 15) is 4.79 Å². The predicted molar refractivity (Wildman–Crippen MR) is 75.5 cm³/mol. The minimum atomic E-state index is -0.0548. The number of rotatable bonds is 6. The number of hydrogen-bond acceptors (Lipinski definition) is 2. The molecule has 0 atom stereocenters. The minimum Gasteiger partial charge on any atom is -0.324 e. The van der Waals surface area contributed by atoms with Gasteiger partial charge in [0.15, 0.2) is 0 Å². The van der Waals surface area contributed by atoms with E-state index in [1.807, 2.05) is 18.2 Å². The number of benzene rings is 1. The second-order valence-corrected chi connectivity index (χ2v) is 4.01. The number of carbonyl (C=O) groups is 1. The monoisotopic (exact) mass is 244 g/mol. The Hall–Kier alpha value is -1.79. The van der Waals surface area contributed by atoms with Gasteiger partial charge in [-0.25, -0.2) is 0 Å². The molecule has 0 radical (unpaired) electrons. The third-order valence-corrected chi connectivity index (χ3v) is 2.78. The number of aryl methyl sites for hydroxylation is 2. The predicted octanol–water partition coefficient (Wildman–Crippen LogP) is 1.97. The van der Waals surface area contributed by atoms with Crippen LogP contribution in [0.5, 0.6) is 0 Å². The Morgan fingerprint density at radius 2 is 1.89 bits per heavy atom. The molecule has 0 aliphatic carbocycles. The van der Waals surface area contributed by atoms with Gasteiger partial charge in [-0.15, -0.1) is 6.42 Å². The van der Waals surface area contributed by atoms with Crippen LogP contribution in [-0.4, -0.2) is 19.0 Å². The smallest absolute Gasteiger partial charge is 0.238 e. The molecule has 0 fully saturated rings. The number of carbonyl (C=O) groups excluding carboxylic acids is 1. The van der Waals surface area contributed by atoms with Crippen LogP contribution < -0.4 is 10.6 Å². The molecule has 1 rings (SSSR count). The standard InChI is InChI=1S/C15H20N2O/c1-4-10-16-11-14(18)17-15-12(5-2)8-7-9-13(15)6-3/h1,7-9,16H,5-6,10-11H2,2-3H3,(H,17,18). The lowest BCUT2D eigenvalue weighted by Gasteiger charge is -2.14. The van der Waals surface area contributed by atoms with Crippen molar-refractivity contribution in [3.05, 3.63) is 29.3 Å². The Morgan fingerprint density at radius 3 is 2.39 bits per heavy atom. The minimum absolute atomic E-state index is 0.0548. The van der Waals surface area contributed by atoms with Gasteiger partial charge in [0.25, 0.3) is 0 Å². The Bertz CT molecular complexity index is 424. The number of terminal acetylenes is 1. The summed E-state index contributed by atoms with van der Waals surface area (Å²) in [6.07, 6.45) is 6.92. The van der Waals surface area contributed by atoms with Gasteiger partial charge in [0.1, 0.15) is 0 Å². The SMILES string of the molecule is C#CCNCC(=O)Nc1c(CC)cccc1CC. The van der Waals surface area contributed by atoms with Crippen LogP contribution in [-0.2, 0) is 17.6 Å². The average molecular weight is 244 g/mol. The van der Waals surface area contributed by atoms with Crippen molar-refractivity contribution in [3.63, 3.8) is 0 Å². The van der Waals surface area contributed by atoms with Gasteiger partial charge in [-0.05, 0) is 24.0 Å². The third kappa shape index (κ3) is 3.90. The lowest BCUT2D eigenvalue weighted by molar-refractivity contribution is -0.115. The third-order valence-electron chi connectivity index (χ3n) is 2.78. The molecule has 1 aromatic carbocycles. The summed E-state index contributed by atoms with van der Waals surface area (Å²) in [4.78, 5) is 11.8. The van der Waals surface area contributed by atoms with Crippen molar-refractivity contribution < 1.29 is 4.79 Å². The largest absolute Gasteiger partial charge is 0.324 e. The summed E-state index contributed by atoms with van der Waals surface area (Å²) in [6.45, 7) is 4.82. The second kappa shape index (κ2) is 7.52. The maximum absolute atomic E-state index is 11.8. The van der Waals surface area contributed by atoms with Crippen LogP contribution in [0.25, 0.3) is 0 Å². The van der Waals surface area contributed by atoms with Crippen LogP contribution in [0.3, 0.4) is 0 Å². The number of nitrogens with one attached hydrogen (secondary N) is 2. The lowest BCUT2D eigenvalue weighted by atomic mass is 10.0. The Balaban J connectivity index is 2.76. The summed E-state index contributed by atoms with van der Waals surface area (Å²) in [7, 11) is 0. The zero-order valence-electron chi connectivity index (χ0n) is 11.0. The van der Waals surface area contributed by atoms with Crippen molar-refractivity contribution in [2.24, 2.45) is 0 Å². The van der Waals surface area contributed by atoms with Gasteiger partial charge >= 0.3 is 0 Å². The quantitative estimate of drug-likeness (QED) is 0.593. The van der Waals surface area contributed by atoms with E-state index >= 15 is 0 Å². The van der Waals surface area contributed by atoms with Gasteiger partial charge < -0.3 is 5.32 Å². The van der Waals surface area contributed by atoms with E-state index in [2.05, 4.69) is 30.4 Å². The molecular formula is C15H20N2O. The molecule has 3 nitrogen and oxygen atoms in total. The first-order valence-electron chi connectivity index (χ1n) is 6.27. The molecule has 1 aromatic rings. The highest BCUT2D eigenvalue weighted by atomic mass is 16.1. The molecule has 0 aliphatic rings. The van der Waals surface area contributed by atoms with Crippen LogP contribution in [0, 0.1) is 12.3 Å². The molecule has 0 saturated heterocycles. The summed E-state index contributed by atoms with van der Waals surface area (Å²) < 4.78 is 0. The fourth-order valence-corrected chi connectivity index (χ4v) is 1.83. The van der Waals surface area contributed by atoms with Crippen LogP contribution in [0.1, 0.15) is 25.0 Å². The maximum Gasteiger partial charge on any atom is 0.238 e. The highest BCUT2D eigenvalue weighted by Gasteiger charge is 2.09. The van der Waals surface area contributed by atoms with Crippen molar-refractivity contribution in [1.29, 1.82) is 0 Å². The molecule has 1 amide bonds. The summed E-state index contributed by atoms with van der Waals surface area (Å²) in [5, 5.41) is 5.85. The molecule has 0 aliphatic heterocycles. The Kier molecular flexibility index (Phi) is 5.96. The van der Waals surface area contributed by atoms with Gasteiger partial charge in [-0.1, -0.05) is 38.0 Å². The van der Waals surface area contributed by atoms with Gasteiger partial charge in [0.2, 0.25) is 5.91 Å². The number of hydrogen-bond donors (Lipinski definition) is 2. The van der Waals surface area contributed by atoms with Gasteiger partial charge in [-0.3, -0.25) is 10.1 Å². The first kappa shape index (κ1) is 14.3. The topological polar surface area (TPSA) is 41.1 Å². The van der Waals surface area contributed by atoms with Crippen molar-refractivity contribution in [3.8, 4) is 12.3 Å². The van der Waals surface area contributed by atoms with E-state index in [4.69, 9.17) is 6.42 Å². The van der Waals surface area contributed by atoms with Crippen molar-refractivity contribution in [2.75, 3.05) is 18.4 Å². The van der Waals surface area contributed by atoms with Crippen molar-refractivity contribution in [2.45, 2.75) is 26.7 Å². The van der Waals surface area contributed by atoms with Crippen LogP contribution in [0.4, 0.5) is 5.69 Å².